The van der Waals surface area contributed by atoms with Gasteiger partial charge in [0, 0.05) is 0 Å². The van der Waals surface area contributed by atoms with Crippen LogP contribution >= 0.6 is 0 Å². The van der Waals surface area contributed by atoms with Gasteiger partial charge in [0.25, 0.3) is 0 Å². The van der Waals surface area contributed by atoms with Crippen molar-refractivity contribution in [1.82, 2.24) is 0 Å². The molecule has 3 rings (SSSR count). The minimum Gasteiger partial charge on any atom is -0.481 e. The van der Waals surface area contributed by atoms with Gasteiger partial charge < -0.3 is 5.11 Å². The number of carbonyl (C=O) groups is 1. The van der Waals surface area contributed by atoms with Gasteiger partial charge >= 0.3 is 5.97 Å². The highest BCUT2D eigenvalue weighted by molar-refractivity contribution is 5.81. The molecular weight excluding hydrogens is 312 g/mol. The van der Waals surface area contributed by atoms with Crippen LogP contribution in [-0.2, 0) is 11.2 Å². The largest absolute Gasteiger partial charge is 0.481 e. The Balaban J connectivity index is 1.64. The Morgan fingerprint density at radius 1 is 0.880 bits per heavy atom. The predicted molar refractivity (Wildman–Crippen MR) is 101 cm³/mol. The van der Waals surface area contributed by atoms with E-state index in [1.54, 1.807) is 6.21 Å². The highest BCUT2D eigenvalue weighted by Gasteiger charge is 2.02. The summed E-state index contributed by atoms with van der Waals surface area (Å²) in [6, 6.07) is 25.4. The molecule has 0 saturated heterocycles. The molecule has 0 aliphatic rings. The number of benzene rings is 3. The number of hydrazone groups is 1. The number of aliphatic carboxylic acids is 1. The van der Waals surface area contributed by atoms with Gasteiger partial charge in [-0.15, -0.1) is 0 Å². The van der Waals surface area contributed by atoms with Gasteiger partial charge in [0.15, 0.2) is 0 Å². The third-order valence-corrected chi connectivity index (χ3v) is 3.73. The molecule has 0 aromatic heterocycles. The molecule has 0 atom stereocenters. The first-order valence-corrected chi connectivity index (χ1v) is 7.96. The lowest BCUT2D eigenvalue weighted by molar-refractivity contribution is -0.136. The van der Waals surface area contributed by atoms with Crippen molar-refractivity contribution in [3.63, 3.8) is 0 Å². The maximum atomic E-state index is 10.7. The van der Waals surface area contributed by atoms with E-state index in [9.17, 15) is 4.79 Å². The summed E-state index contributed by atoms with van der Waals surface area (Å²) in [7, 11) is 0. The number of nitrogens with one attached hydrogen (secondary N) is 1. The zero-order chi connectivity index (χ0) is 17.5. The SMILES string of the molecule is O=C(O)Cc1ccc(-c2ccc(C=NNc3ccccc3)cc2)cc1. The molecule has 0 spiro atoms. The standard InChI is InChI=1S/C21H18N2O2/c24-21(25)14-16-6-10-18(11-7-16)19-12-8-17(9-13-19)15-22-23-20-4-2-1-3-5-20/h1-13,15,23H,14H2,(H,24,25). The fourth-order valence-corrected chi connectivity index (χ4v) is 2.45. The number of para-hydroxylation sites is 1. The molecule has 4 heteroatoms. The smallest absolute Gasteiger partial charge is 0.307 e. The van der Waals surface area contributed by atoms with E-state index in [1.165, 1.54) is 0 Å². The second-order valence-electron chi connectivity index (χ2n) is 5.63. The van der Waals surface area contributed by atoms with Crippen LogP contribution < -0.4 is 5.43 Å². The van der Waals surface area contributed by atoms with Gasteiger partial charge in [-0.3, -0.25) is 10.2 Å². The molecule has 3 aromatic carbocycles. The van der Waals surface area contributed by atoms with Crippen LogP contribution in [0.4, 0.5) is 5.69 Å². The minimum absolute atomic E-state index is 0.0457. The molecule has 0 unspecified atom stereocenters. The monoisotopic (exact) mass is 330 g/mol. The number of carboxylic acids is 1. The quantitative estimate of drug-likeness (QED) is 0.519. The fourth-order valence-electron chi connectivity index (χ4n) is 2.45. The number of hydrogen-bond acceptors (Lipinski definition) is 3. The Kier molecular flexibility index (Phi) is 5.22. The fraction of sp³-hybridized carbons (Fsp3) is 0.0476. The molecule has 0 fully saturated rings. The lowest BCUT2D eigenvalue weighted by Crippen LogP contribution is -1.99. The summed E-state index contributed by atoms with van der Waals surface area (Å²) in [5, 5.41) is 13.0. The normalized spacial score (nSPS) is 10.7. The topological polar surface area (TPSA) is 61.7 Å². The van der Waals surface area contributed by atoms with Gasteiger partial charge in [0.1, 0.15) is 0 Å². The van der Waals surface area contributed by atoms with Crippen molar-refractivity contribution in [1.29, 1.82) is 0 Å². The van der Waals surface area contributed by atoms with E-state index in [-0.39, 0.29) is 6.42 Å². The molecule has 124 valence electrons. The van der Waals surface area contributed by atoms with Crippen molar-refractivity contribution in [2.45, 2.75) is 6.42 Å². The first kappa shape index (κ1) is 16.5. The molecule has 4 nitrogen and oxygen atoms in total. The third-order valence-electron chi connectivity index (χ3n) is 3.73. The summed E-state index contributed by atoms with van der Waals surface area (Å²) >= 11 is 0. The maximum Gasteiger partial charge on any atom is 0.307 e. The summed E-state index contributed by atoms with van der Waals surface area (Å²) in [6.07, 6.45) is 1.82. The molecule has 0 saturated carbocycles. The van der Waals surface area contributed by atoms with Crippen LogP contribution in [0.15, 0.2) is 84.0 Å². The van der Waals surface area contributed by atoms with Crippen LogP contribution in [0.3, 0.4) is 0 Å². The lowest BCUT2D eigenvalue weighted by Gasteiger charge is -2.04. The Hall–Kier alpha value is -3.40. The number of carboxylic acid groups (broad SMARTS) is 1. The van der Waals surface area contributed by atoms with E-state index < -0.39 is 5.97 Å². The first-order valence-electron chi connectivity index (χ1n) is 7.96. The third kappa shape index (κ3) is 4.78. The molecule has 0 aliphatic carbocycles. The van der Waals surface area contributed by atoms with E-state index in [4.69, 9.17) is 5.11 Å². The van der Waals surface area contributed by atoms with Crippen LogP contribution in [-0.4, -0.2) is 17.3 Å². The molecule has 3 aromatic rings. The van der Waals surface area contributed by atoms with Gasteiger partial charge in [-0.05, 0) is 34.4 Å². The van der Waals surface area contributed by atoms with Crippen molar-refractivity contribution >= 4 is 17.9 Å². The summed E-state index contributed by atoms with van der Waals surface area (Å²) in [6.45, 7) is 0. The van der Waals surface area contributed by atoms with Crippen molar-refractivity contribution < 1.29 is 9.90 Å². The summed E-state index contributed by atoms with van der Waals surface area (Å²) in [5.74, 6) is -0.819. The number of rotatable bonds is 6. The summed E-state index contributed by atoms with van der Waals surface area (Å²) < 4.78 is 0. The zero-order valence-corrected chi connectivity index (χ0v) is 13.6. The number of nitrogens with zero attached hydrogens (tertiary/aromatic N) is 1. The van der Waals surface area contributed by atoms with Gasteiger partial charge in [-0.25, -0.2) is 0 Å². The molecule has 0 aliphatic heterocycles. The average Bonchev–Trinajstić information content (AvgIpc) is 2.63. The highest BCUT2D eigenvalue weighted by atomic mass is 16.4. The van der Waals surface area contributed by atoms with Crippen LogP contribution in [0.25, 0.3) is 11.1 Å². The van der Waals surface area contributed by atoms with E-state index in [0.717, 1.165) is 27.9 Å². The highest BCUT2D eigenvalue weighted by Crippen LogP contribution is 2.20. The van der Waals surface area contributed by atoms with Crippen molar-refractivity contribution in [3.8, 4) is 11.1 Å². The second-order valence-corrected chi connectivity index (χ2v) is 5.63. The lowest BCUT2D eigenvalue weighted by atomic mass is 10.0. The van der Waals surface area contributed by atoms with Gasteiger partial charge in [-0.2, -0.15) is 5.10 Å². The molecule has 2 N–H and O–H groups in total. The second kappa shape index (κ2) is 7.93. The van der Waals surface area contributed by atoms with E-state index in [1.807, 2.05) is 78.9 Å². The first-order chi connectivity index (χ1) is 12.2. The zero-order valence-electron chi connectivity index (χ0n) is 13.6. The molecule has 25 heavy (non-hydrogen) atoms. The van der Waals surface area contributed by atoms with E-state index in [0.29, 0.717) is 0 Å². The van der Waals surface area contributed by atoms with Gasteiger partial charge in [0.2, 0.25) is 0 Å². The van der Waals surface area contributed by atoms with Crippen LogP contribution in [0.2, 0.25) is 0 Å². The van der Waals surface area contributed by atoms with E-state index in [2.05, 4.69) is 10.5 Å². The molecule has 0 bridgehead atoms. The van der Waals surface area contributed by atoms with Crippen molar-refractivity contribution in [2.24, 2.45) is 5.10 Å². The Labute approximate surface area is 146 Å². The van der Waals surface area contributed by atoms with Crippen molar-refractivity contribution in [2.75, 3.05) is 5.43 Å². The Morgan fingerprint density at radius 2 is 1.48 bits per heavy atom. The molecular formula is C21H18N2O2. The Morgan fingerprint density at radius 3 is 2.08 bits per heavy atom. The minimum atomic E-state index is -0.819. The maximum absolute atomic E-state index is 10.7. The molecule has 0 amide bonds. The van der Waals surface area contributed by atoms with Crippen LogP contribution in [0.1, 0.15) is 11.1 Å². The van der Waals surface area contributed by atoms with Gasteiger partial charge in [-0.1, -0.05) is 66.7 Å². The number of anilines is 1. The molecule has 0 heterocycles. The average molecular weight is 330 g/mol. The van der Waals surface area contributed by atoms with Crippen LogP contribution in [0.5, 0.6) is 0 Å². The van der Waals surface area contributed by atoms with Crippen LogP contribution in [0, 0.1) is 0 Å². The predicted octanol–water partition coefficient (Wildman–Crippen LogP) is 4.43. The van der Waals surface area contributed by atoms with E-state index >= 15 is 0 Å². The summed E-state index contributed by atoms with van der Waals surface area (Å²) in [4.78, 5) is 10.7. The van der Waals surface area contributed by atoms with Crippen molar-refractivity contribution in [3.05, 3.63) is 90.0 Å². The number of hydrogen-bond donors (Lipinski definition) is 2. The van der Waals surface area contributed by atoms with Gasteiger partial charge in [0.05, 0.1) is 18.3 Å². The Bertz CT molecular complexity index is 855. The summed E-state index contributed by atoms with van der Waals surface area (Å²) in [5.41, 5.74) is 7.85. The molecule has 0 radical (unpaired) electrons.